The average Bonchev–Trinajstić information content (AvgIpc) is 4.05. The number of rotatable bonds is 27. The monoisotopic (exact) mass is 1020 g/mol. The van der Waals surface area contributed by atoms with Gasteiger partial charge in [0, 0.05) is 43.4 Å². The summed E-state index contributed by atoms with van der Waals surface area (Å²) in [6, 6.07) is 12.5. The molecule has 1 aliphatic rings. The molecule has 0 radical (unpaired) electrons. The second kappa shape index (κ2) is 28.2. The quantitative estimate of drug-likeness (QED) is 0.0397. The molecule has 20 nitrogen and oxygen atoms in total. The topological polar surface area (TPSA) is 288 Å². The van der Waals surface area contributed by atoms with E-state index in [1.54, 1.807) is 58.0 Å². The van der Waals surface area contributed by atoms with E-state index < -0.39 is 109 Å². The van der Waals surface area contributed by atoms with E-state index in [-0.39, 0.29) is 50.7 Å². The number of aromatic amines is 1. The van der Waals surface area contributed by atoms with E-state index in [9.17, 15) is 48.1 Å². The van der Waals surface area contributed by atoms with Crippen LogP contribution in [0.2, 0.25) is 0 Å². The Bertz CT molecular complexity index is 2280. The third-order valence-electron chi connectivity index (χ3n) is 12.5. The standard InChI is InChI=1S/C51H75N8O12P/c1-31(2)22-39(43(60)26-45(61)70-8)55-46(62)34(7)54-47(63)38(33(5)6)29-72(68,69)44(23-32(3)4)58-49(65)41(25-37-27-52-30-53-37)56-48(64)40(24-35-16-11-9-12-17-35)57-50(66)42-20-15-21-59(42)51(67)71-28-36-18-13-10-14-19-36/h9-14,16-19,27,30-34,38-44,60H,15,20-26,28-29H2,1-8H3,(H,52,53)(H,54,63)(H,55,62)(H,56,64)(H,57,66)(H,58,65)(H,68,69)/t34-,38?,39-,40-,41-,42+,43?,44?/m0/s1. The Morgan fingerprint density at radius 3 is 1.97 bits per heavy atom. The average molecular weight is 1020 g/mol. The Hall–Kier alpha value is -6.11. The number of imidazole rings is 1. The summed E-state index contributed by atoms with van der Waals surface area (Å²) < 4.78 is 24.8. The third-order valence-corrected chi connectivity index (χ3v) is 14.7. The summed E-state index contributed by atoms with van der Waals surface area (Å²) in [5.74, 6) is -7.33. The number of methoxy groups -OCH3 is 1. The van der Waals surface area contributed by atoms with Crippen molar-refractivity contribution in [3.8, 4) is 0 Å². The molecule has 0 aliphatic carbocycles. The summed E-state index contributed by atoms with van der Waals surface area (Å²) >= 11 is 0. The number of benzene rings is 2. The normalized spacial score (nSPS) is 17.3. The number of H-pyrrole nitrogens is 1. The Balaban J connectivity index is 1.53. The molecule has 9 atom stereocenters. The molecule has 2 heterocycles. The number of likely N-dealkylation sites (tertiary alicyclic amines) is 1. The Kier molecular flexibility index (Phi) is 22.9. The van der Waals surface area contributed by atoms with E-state index in [1.807, 2.05) is 44.2 Å². The number of aliphatic hydroxyl groups excluding tert-OH is 1. The molecule has 0 saturated carbocycles. The van der Waals surface area contributed by atoms with Crippen LogP contribution in [0.15, 0.2) is 73.2 Å². The minimum Gasteiger partial charge on any atom is -0.469 e. The molecule has 0 spiro atoms. The fourth-order valence-electron chi connectivity index (χ4n) is 8.44. The molecule has 6 amide bonds. The van der Waals surface area contributed by atoms with E-state index in [1.165, 1.54) is 31.5 Å². The van der Waals surface area contributed by atoms with Gasteiger partial charge in [0.1, 0.15) is 36.6 Å². The Labute approximate surface area is 422 Å². The lowest BCUT2D eigenvalue weighted by molar-refractivity contribution is -0.144. The highest BCUT2D eigenvalue weighted by Crippen LogP contribution is 2.50. The smallest absolute Gasteiger partial charge is 0.410 e. The summed E-state index contributed by atoms with van der Waals surface area (Å²) in [7, 11) is -3.30. The van der Waals surface area contributed by atoms with Crippen LogP contribution in [0.1, 0.15) is 97.4 Å². The number of aliphatic hydroxyl groups is 1. The van der Waals surface area contributed by atoms with Crippen LogP contribution < -0.4 is 26.6 Å². The number of amides is 6. The van der Waals surface area contributed by atoms with Gasteiger partial charge < -0.3 is 51.0 Å². The van der Waals surface area contributed by atoms with Crippen molar-refractivity contribution in [2.24, 2.45) is 23.7 Å². The lowest BCUT2D eigenvalue weighted by atomic mass is 9.96. The first kappa shape index (κ1) is 58.5. The molecule has 8 N–H and O–H groups in total. The first-order chi connectivity index (χ1) is 34.1. The highest BCUT2D eigenvalue weighted by Gasteiger charge is 2.42. The van der Waals surface area contributed by atoms with Crippen molar-refractivity contribution in [3.63, 3.8) is 0 Å². The highest BCUT2D eigenvalue weighted by atomic mass is 31.2. The fraction of sp³-hybridized carbons (Fsp3) is 0.569. The van der Waals surface area contributed by atoms with Gasteiger partial charge in [0.25, 0.3) is 0 Å². The molecule has 21 heteroatoms. The van der Waals surface area contributed by atoms with Gasteiger partial charge in [-0.05, 0) is 61.5 Å². The SMILES string of the molecule is COC(=O)CC(O)[C@H](CC(C)C)NC(=O)[C@H](C)NC(=O)C(CP(=O)(O)C(CC(C)C)NC(=O)[C@H](Cc1cnc[nH]1)NC(=O)[C@H](Cc1ccccc1)NC(=O)[C@H]1CCCN1C(=O)OCc1ccccc1)C(C)C. The minimum absolute atomic E-state index is 0.00889. The number of nitrogens with one attached hydrogen (secondary N) is 6. The van der Waals surface area contributed by atoms with Crippen molar-refractivity contribution in [1.82, 2.24) is 41.5 Å². The first-order valence-corrected chi connectivity index (χ1v) is 26.6. The van der Waals surface area contributed by atoms with Gasteiger partial charge in [-0.2, -0.15) is 0 Å². The zero-order valence-corrected chi connectivity index (χ0v) is 43.6. The minimum atomic E-state index is -4.49. The van der Waals surface area contributed by atoms with Gasteiger partial charge in [-0.15, -0.1) is 0 Å². The number of hydrogen-bond acceptors (Lipinski definition) is 12. The highest BCUT2D eigenvalue weighted by molar-refractivity contribution is 7.58. The first-order valence-electron chi connectivity index (χ1n) is 24.6. The Morgan fingerprint density at radius 1 is 0.778 bits per heavy atom. The van der Waals surface area contributed by atoms with Crippen molar-refractivity contribution in [2.75, 3.05) is 19.8 Å². The van der Waals surface area contributed by atoms with Crippen LogP contribution in [0.5, 0.6) is 0 Å². The van der Waals surface area contributed by atoms with Crippen molar-refractivity contribution < 1.29 is 57.6 Å². The van der Waals surface area contributed by atoms with Crippen molar-refractivity contribution in [3.05, 3.63) is 90.0 Å². The van der Waals surface area contributed by atoms with Gasteiger partial charge in [-0.1, -0.05) is 102 Å². The van der Waals surface area contributed by atoms with Gasteiger partial charge in [0.2, 0.25) is 36.9 Å². The number of ether oxygens (including phenoxy) is 2. The summed E-state index contributed by atoms with van der Waals surface area (Å²) in [5.41, 5.74) is 1.92. The molecule has 0 bridgehead atoms. The number of carbonyl (C=O) groups is 7. The summed E-state index contributed by atoms with van der Waals surface area (Å²) in [6.45, 7) is 12.5. The maximum Gasteiger partial charge on any atom is 0.410 e. The zero-order chi connectivity index (χ0) is 53.1. The van der Waals surface area contributed by atoms with Crippen LogP contribution in [0.25, 0.3) is 0 Å². The largest absolute Gasteiger partial charge is 0.469 e. The maximum absolute atomic E-state index is 14.6. The van der Waals surface area contributed by atoms with Gasteiger partial charge in [-0.25, -0.2) is 9.78 Å². The number of carbonyl (C=O) groups excluding carboxylic acids is 7. The molecule has 1 aliphatic heterocycles. The zero-order valence-electron chi connectivity index (χ0n) is 42.7. The van der Waals surface area contributed by atoms with Gasteiger partial charge in [0.15, 0.2) is 0 Å². The van der Waals surface area contributed by atoms with Crippen molar-refractivity contribution >= 4 is 49.0 Å². The molecule has 1 aromatic heterocycles. The van der Waals surface area contributed by atoms with Crippen LogP contribution in [0.4, 0.5) is 4.79 Å². The van der Waals surface area contributed by atoms with Crippen LogP contribution in [0.3, 0.4) is 0 Å². The maximum atomic E-state index is 14.6. The Morgan fingerprint density at radius 2 is 1.39 bits per heavy atom. The van der Waals surface area contributed by atoms with Gasteiger partial charge in [0.05, 0.1) is 32.0 Å². The van der Waals surface area contributed by atoms with Crippen LogP contribution >= 0.6 is 7.37 Å². The van der Waals surface area contributed by atoms with Crippen molar-refractivity contribution in [2.45, 2.75) is 142 Å². The summed E-state index contributed by atoms with van der Waals surface area (Å²) in [6.07, 6.45) is 1.06. The number of esters is 1. The molecule has 3 aromatic rings. The number of aromatic nitrogens is 2. The molecular formula is C51H75N8O12P. The molecule has 4 unspecified atom stereocenters. The van der Waals surface area contributed by atoms with E-state index in [4.69, 9.17) is 4.74 Å². The second-order valence-corrected chi connectivity index (χ2v) is 22.2. The molecule has 2 aromatic carbocycles. The van der Waals surface area contributed by atoms with Crippen molar-refractivity contribution in [1.29, 1.82) is 0 Å². The summed E-state index contributed by atoms with van der Waals surface area (Å²) in [4.78, 5) is 116. The predicted octanol–water partition coefficient (Wildman–Crippen LogP) is 3.96. The molecule has 72 heavy (non-hydrogen) atoms. The molecule has 1 fully saturated rings. The summed E-state index contributed by atoms with van der Waals surface area (Å²) in [5, 5.41) is 24.4. The van der Waals surface area contributed by atoms with E-state index in [0.29, 0.717) is 30.5 Å². The van der Waals surface area contributed by atoms with E-state index in [0.717, 1.165) is 5.56 Å². The van der Waals surface area contributed by atoms with Crippen LogP contribution in [-0.4, -0.2) is 128 Å². The van der Waals surface area contributed by atoms with Gasteiger partial charge >= 0.3 is 12.1 Å². The van der Waals surface area contributed by atoms with Crippen LogP contribution in [-0.2, 0) is 62.3 Å². The molecule has 1 saturated heterocycles. The lowest BCUT2D eigenvalue weighted by Gasteiger charge is -2.32. The van der Waals surface area contributed by atoms with Gasteiger partial charge in [-0.3, -0.25) is 38.2 Å². The lowest BCUT2D eigenvalue weighted by Crippen LogP contribution is -2.58. The number of nitrogens with zero attached hydrogens (tertiary/aromatic N) is 2. The fourth-order valence-corrected chi connectivity index (χ4v) is 10.9. The van der Waals surface area contributed by atoms with E-state index >= 15 is 0 Å². The number of hydrogen-bond donors (Lipinski definition) is 8. The second-order valence-electron chi connectivity index (χ2n) is 19.7. The molecular weight excluding hydrogens is 948 g/mol. The van der Waals surface area contributed by atoms with Crippen LogP contribution in [0, 0.1) is 23.7 Å². The molecule has 4 rings (SSSR count). The molecule has 396 valence electrons. The van der Waals surface area contributed by atoms with E-state index in [2.05, 4.69) is 41.3 Å². The third kappa shape index (κ3) is 18.5. The predicted molar refractivity (Wildman–Crippen MR) is 269 cm³/mol.